The largest absolute Gasteiger partial charge is 0.399 e. The van der Waals surface area contributed by atoms with E-state index in [-0.39, 0.29) is 0 Å². The Labute approximate surface area is 127 Å². The highest BCUT2D eigenvalue weighted by Gasteiger charge is 2.04. The fourth-order valence-corrected chi connectivity index (χ4v) is 2.77. The van der Waals surface area contributed by atoms with Gasteiger partial charge in [-0.2, -0.15) is 0 Å². The minimum Gasteiger partial charge on any atom is -0.399 e. The second-order valence-electron chi connectivity index (χ2n) is 3.49. The number of rotatable bonds is 2. The summed E-state index contributed by atoms with van der Waals surface area (Å²) in [7, 11) is 0. The first-order valence-corrected chi connectivity index (χ1v) is 7.08. The van der Waals surface area contributed by atoms with Gasteiger partial charge in [0.25, 0.3) is 0 Å². The Bertz CT molecular complexity index is 511. The maximum atomic E-state index is 6.16. The van der Waals surface area contributed by atoms with E-state index in [2.05, 4.69) is 43.8 Å². The molecule has 0 aromatic heterocycles. The summed E-state index contributed by atoms with van der Waals surface area (Å²) in [6, 6.07) is 11.5. The van der Waals surface area contributed by atoms with E-state index < -0.39 is 0 Å². The van der Waals surface area contributed by atoms with Crippen molar-refractivity contribution >= 4 is 67.2 Å². The van der Waals surface area contributed by atoms with Crippen molar-refractivity contribution in [2.75, 3.05) is 11.1 Å². The summed E-state index contributed by atoms with van der Waals surface area (Å²) in [6.45, 7) is 0. The predicted octanol–water partition coefficient (Wildman–Crippen LogP) is 5.03. The van der Waals surface area contributed by atoms with Crippen LogP contribution in [0.1, 0.15) is 0 Å². The number of anilines is 3. The van der Waals surface area contributed by atoms with Crippen molar-refractivity contribution in [3.8, 4) is 0 Å². The molecule has 0 bridgehead atoms. The highest BCUT2D eigenvalue weighted by molar-refractivity contribution is 14.1. The molecule has 5 heteroatoms. The summed E-state index contributed by atoms with van der Waals surface area (Å²) in [5.41, 5.74) is 8.21. The Morgan fingerprint density at radius 2 is 1.82 bits per heavy atom. The molecular weight excluding hydrogens is 414 g/mol. The summed E-state index contributed by atoms with van der Waals surface area (Å²) in [6.07, 6.45) is 0. The van der Waals surface area contributed by atoms with Gasteiger partial charge in [0, 0.05) is 13.7 Å². The number of nitrogen functional groups attached to an aromatic ring is 1. The number of nitrogens with two attached hydrogens (primary N) is 1. The maximum Gasteiger partial charge on any atom is 0.0651 e. The van der Waals surface area contributed by atoms with Gasteiger partial charge in [0.2, 0.25) is 0 Å². The van der Waals surface area contributed by atoms with Crippen LogP contribution < -0.4 is 11.1 Å². The predicted molar refractivity (Wildman–Crippen MR) is 86.0 cm³/mol. The molecular formula is C12H9BrClIN2. The Kier molecular flexibility index (Phi) is 4.17. The van der Waals surface area contributed by atoms with E-state index in [1.165, 1.54) is 0 Å². The molecule has 0 heterocycles. The Balaban J connectivity index is 2.31. The van der Waals surface area contributed by atoms with Crippen LogP contribution in [0, 0.1) is 3.57 Å². The van der Waals surface area contributed by atoms with Gasteiger partial charge in [0.05, 0.1) is 16.4 Å². The Hall–Kier alpha value is -0.460. The van der Waals surface area contributed by atoms with Gasteiger partial charge in [-0.1, -0.05) is 11.6 Å². The van der Waals surface area contributed by atoms with Crippen LogP contribution in [0.3, 0.4) is 0 Å². The third-order valence-electron chi connectivity index (χ3n) is 2.19. The van der Waals surface area contributed by atoms with E-state index in [1.807, 2.05) is 36.4 Å². The average Bonchev–Trinajstić information content (AvgIpc) is 2.25. The van der Waals surface area contributed by atoms with Crippen molar-refractivity contribution in [1.29, 1.82) is 0 Å². The zero-order valence-corrected chi connectivity index (χ0v) is 13.2. The first-order chi connectivity index (χ1) is 8.06. The topological polar surface area (TPSA) is 38.0 Å². The number of hydrogen-bond acceptors (Lipinski definition) is 2. The van der Waals surface area contributed by atoms with Crippen molar-refractivity contribution in [2.24, 2.45) is 0 Å². The van der Waals surface area contributed by atoms with Crippen LogP contribution in [-0.2, 0) is 0 Å². The van der Waals surface area contributed by atoms with Gasteiger partial charge in [-0.05, 0) is 74.9 Å². The minimum absolute atomic E-state index is 0.695. The van der Waals surface area contributed by atoms with Crippen LogP contribution in [0.4, 0.5) is 17.1 Å². The SMILES string of the molecule is Nc1ccc(Nc2ccc(I)cc2Cl)c(Br)c1. The van der Waals surface area contributed by atoms with Gasteiger partial charge in [-0.3, -0.25) is 0 Å². The lowest BCUT2D eigenvalue weighted by molar-refractivity contribution is 1.51. The van der Waals surface area contributed by atoms with Gasteiger partial charge < -0.3 is 11.1 Å². The first-order valence-electron chi connectivity index (χ1n) is 4.83. The molecule has 2 nitrogen and oxygen atoms in total. The highest BCUT2D eigenvalue weighted by atomic mass is 127. The lowest BCUT2D eigenvalue weighted by Gasteiger charge is -2.11. The first kappa shape index (κ1) is 13.0. The summed E-state index contributed by atoms with van der Waals surface area (Å²) in [4.78, 5) is 0. The van der Waals surface area contributed by atoms with Crippen molar-refractivity contribution in [3.05, 3.63) is 49.5 Å². The van der Waals surface area contributed by atoms with E-state index in [4.69, 9.17) is 17.3 Å². The van der Waals surface area contributed by atoms with E-state index in [0.717, 1.165) is 25.1 Å². The molecule has 0 unspecified atom stereocenters. The number of halogens is 3. The van der Waals surface area contributed by atoms with E-state index >= 15 is 0 Å². The third kappa shape index (κ3) is 3.26. The molecule has 0 saturated carbocycles. The van der Waals surface area contributed by atoms with Crippen LogP contribution >= 0.6 is 50.1 Å². The second kappa shape index (κ2) is 5.46. The number of benzene rings is 2. The lowest BCUT2D eigenvalue weighted by atomic mass is 10.2. The molecule has 0 aliphatic heterocycles. The molecule has 2 aromatic carbocycles. The van der Waals surface area contributed by atoms with Gasteiger partial charge in [0.15, 0.2) is 0 Å². The molecule has 0 radical (unpaired) electrons. The van der Waals surface area contributed by atoms with E-state index in [9.17, 15) is 0 Å². The normalized spacial score (nSPS) is 10.3. The van der Waals surface area contributed by atoms with Crippen LogP contribution in [0.15, 0.2) is 40.9 Å². The van der Waals surface area contributed by atoms with Gasteiger partial charge >= 0.3 is 0 Å². The van der Waals surface area contributed by atoms with Crippen LogP contribution in [0.2, 0.25) is 5.02 Å². The molecule has 17 heavy (non-hydrogen) atoms. The third-order valence-corrected chi connectivity index (χ3v) is 3.83. The van der Waals surface area contributed by atoms with Crippen LogP contribution in [0.25, 0.3) is 0 Å². The van der Waals surface area contributed by atoms with E-state index in [1.54, 1.807) is 0 Å². The summed E-state index contributed by atoms with van der Waals surface area (Å²) in [5.74, 6) is 0. The minimum atomic E-state index is 0.695. The molecule has 0 amide bonds. The number of hydrogen-bond donors (Lipinski definition) is 2. The van der Waals surface area contributed by atoms with Crippen molar-refractivity contribution in [3.63, 3.8) is 0 Å². The standard InChI is InChI=1S/C12H9BrClIN2/c13-9-6-8(16)2-4-11(9)17-12-3-1-7(15)5-10(12)14/h1-6,17H,16H2. The second-order valence-corrected chi connectivity index (χ2v) is 6.00. The monoisotopic (exact) mass is 422 g/mol. The molecule has 0 aliphatic rings. The molecule has 2 rings (SSSR count). The highest BCUT2D eigenvalue weighted by Crippen LogP contribution is 2.31. The zero-order valence-electron chi connectivity index (χ0n) is 8.68. The molecule has 2 aromatic rings. The maximum absolute atomic E-state index is 6.16. The molecule has 0 spiro atoms. The average molecular weight is 423 g/mol. The van der Waals surface area contributed by atoms with Crippen LogP contribution in [-0.4, -0.2) is 0 Å². The molecule has 3 N–H and O–H groups in total. The van der Waals surface area contributed by atoms with Crippen LogP contribution in [0.5, 0.6) is 0 Å². The quantitative estimate of drug-likeness (QED) is 0.525. The smallest absolute Gasteiger partial charge is 0.0651 e. The van der Waals surface area contributed by atoms with Crippen molar-refractivity contribution < 1.29 is 0 Å². The van der Waals surface area contributed by atoms with Gasteiger partial charge in [-0.25, -0.2) is 0 Å². The molecule has 0 aliphatic carbocycles. The summed E-state index contributed by atoms with van der Waals surface area (Å²) >= 11 is 11.8. The van der Waals surface area contributed by atoms with E-state index in [0.29, 0.717) is 5.02 Å². The Morgan fingerprint density at radius 1 is 1.12 bits per heavy atom. The van der Waals surface area contributed by atoms with Gasteiger partial charge in [-0.15, -0.1) is 0 Å². The molecule has 0 atom stereocenters. The molecule has 88 valence electrons. The fraction of sp³-hybridized carbons (Fsp3) is 0. The number of nitrogens with one attached hydrogen (secondary N) is 1. The lowest BCUT2D eigenvalue weighted by Crippen LogP contribution is -1.94. The summed E-state index contributed by atoms with van der Waals surface area (Å²) < 4.78 is 2.02. The van der Waals surface area contributed by atoms with Gasteiger partial charge in [0.1, 0.15) is 0 Å². The molecule has 0 saturated heterocycles. The van der Waals surface area contributed by atoms with Crippen molar-refractivity contribution in [1.82, 2.24) is 0 Å². The zero-order chi connectivity index (χ0) is 12.4. The molecule has 0 fully saturated rings. The fourth-order valence-electron chi connectivity index (χ4n) is 1.37. The summed E-state index contributed by atoms with van der Waals surface area (Å²) in [5, 5.41) is 3.95. The Morgan fingerprint density at radius 3 is 2.47 bits per heavy atom. The van der Waals surface area contributed by atoms with Crippen molar-refractivity contribution in [2.45, 2.75) is 0 Å².